The predicted molar refractivity (Wildman–Crippen MR) is 84.3 cm³/mol. The first-order valence-electron chi connectivity index (χ1n) is 6.49. The minimum Gasteiger partial charge on any atom is -0.238 e. The molecule has 0 atom stereocenters. The van der Waals surface area contributed by atoms with Crippen LogP contribution in [0.3, 0.4) is 0 Å². The van der Waals surface area contributed by atoms with Gasteiger partial charge in [0, 0.05) is 0 Å². The Kier molecular flexibility index (Phi) is 5.64. The van der Waals surface area contributed by atoms with E-state index in [2.05, 4.69) is 9.69 Å². The van der Waals surface area contributed by atoms with Gasteiger partial charge in [0.15, 0.2) is 5.69 Å². The van der Waals surface area contributed by atoms with Crippen molar-refractivity contribution in [2.45, 2.75) is 27.7 Å². The largest absolute Gasteiger partial charge is 0.238 e. The molecule has 3 heteroatoms. The third kappa shape index (κ3) is 3.91. The zero-order valence-corrected chi connectivity index (χ0v) is 12.7. The molecular weight excluding hydrogens is 263 g/mol. The number of aryl methyl sites for hydroxylation is 2. The highest BCUT2D eigenvalue weighted by Gasteiger charge is 2.06. The van der Waals surface area contributed by atoms with Crippen LogP contribution in [0.15, 0.2) is 30.3 Å². The lowest BCUT2D eigenvalue weighted by Crippen LogP contribution is -1.83. The summed E-state index contributed by atoms with van der Waals surface area (Å²) in [4.78, 5) is 6.49. The molecule has 0 bridgehead atoms. The van der Waals surface area contributed by atoms with Crippen molar-refractivity contribution in [2.75, 3.05) is 0 Å². The van der Waals surface area contributed by atoms with Gasteiger partial charge in [0.05, 0.1) is 13.1 Å². The highest BCUT2D eigenvalue weighted by atomic mass is 19.1. The first-order chi connectivity index (χ1) is 9.92. The molecule has 0 aromatic heterocycles. The number of halogens is 1. The van der Waals surface area contributed by atoms with Crippen molar-refractivity contribution >= 4 is 11.4 Å². The summed E-state index contributed by atoms with van der Waals surface area (Å²) in [5.74, 6) is -0.428. The Bertz CT molecular complexity index is 734. The van der Waals surface area contributed by atoms with Crippen LogP contribution < -0.4 is 0 Å². The normalized spacial score (nSPS) is 9.10. The molecule has 0 heterocycles. The van der Waals surface area contributed by atoms with Gasteiger partial charge in [0.1, 0.15) is 5.82 Å². The molecule has 0 saturated heterocycles. The lowest BCUT2D eigenvalue weighted by Gasteiger charge is -2.01. The maximum absolute atomic E-state index is 12.8. The number of nitrogens with zero attached hydrogens (tertiary/aromatic N) is 2. The molecular formula is C18H17FN2. The molecule has 0 fully saturated rings. The van der Waals surface area contributed by atoms with E-state index in [9.17, 15) is 4.39 Å². The van der Waals surface area contributed by atoms with Crippen LogP contribution in [0.1, 0.15) is 22.3 Å². The van der Waals surface area contributed by atoms with Crippen molar-refractivity contribution in [3.05, 3.63) is 81.2 Å². The van der Waals surface area contributed by atoms with E-state index in [1.807, 2.05) is 39.0 Å². The molecule has 0 aliphatic rings. The van der Waals surface area contributed by atoms with Gasteiger partial charge in [-0.1, -0.05) is 35.4 Å². The lowest BCUT2D eigenvalue weighted by atomic mass is 10.1. The van der Waals surface area contributed by atoms with E-state index >= 15 is 0 Å². The van der Waals surface area contributed by atoms with Gasteiger partial charge in [-0.2, -0.15) is 0 Å². The molecule has 2 nitrogen and oxygen atoms in total. The third-order valence-corrected chi connectivity index (χ3v) is 3.46. The van der Waals surface area contributed by atoms with E-state index in [-0.39, 0.29) is 5.69 Å². The maximum atomic E-state index is 12.8. The maximum Gasteiger partial charge on any atom is 0.225 e. The minimum absolute atomic E-state index is 0.144. The molecule has 2 aromatic rings. The fourth-order valence-electron chi connectivity index (χ4n) is 1.76. The summed E-state index contributed by atoms with van der Waals surface area (Å²) < 4.78 is 12.8. The molecule has 0 radical (unpaired) electrons. The Morgan fingerprint density at radius 3 is 1.90 bits per heavy atom. The van der Waals surface area contributed by atoms with Crippen molar-refractivity contribution in [3.63, 3.8) is 0 Å². The molecule has 2 rings (SSSR count). The quantitative estimate of drug-likeness (QED) is 0.535. The fraction of sp³-hybridized carbons (Fsp3) is 0.222. The second-order valence-corrected chi connectivity index (χ2v) is 4.78. The smallest absolute Gasteiger partial charge is 0.225 e. The summed E-state index contributed by atoms with van der Waals surface area (Å²) in [6.45, 7) is 21.1. The standard InChI is InChI=1S/C9H8FN.C9H9N/c1-6-4-5-8(10)9(11-3)7(6)2;1-7-5-4-6-9(10-3)8(7)2/h4-5H,1-2H3;4-6H,1-2H3. The summed E-state index contributed by atoms with van der Waals surface area (Å²) in [7, 11) is 0. The average Bonchev–Trinajstić information content (AvgIpc) is 2.47. The Morgan fingerprint density at radius 1 is 0.810 bits per heavy atom. The number of benzene rings is 2. The van der Waals surface area contributed by atoms with Gasteiger partial charge in [0.25, 0.3) is 0 Å². The van der Waals surface area contributed by atoms with Gasteiger partial charge in [0.2, 0.25) is 5.69 Å². The Balaban J connectivity index is 0.000000211. The first-order valence-corrected chi connectivity index (χ1v) is 6.49. The molecule has 0 aliphatic heterocycles. The van der Waals surface area contributed by atoms with Crippen LogP contribution in [-0.2, 0) is 0 Å². The Hall–Kier alpha value is -2.65. The second kappa shape index (κ2) is 7.22. The molecule has 0 amide bonds. The van der Waals surface area contributed by atoms with Crippen LogP contribution in [0.25, 0.3) is 9.69 Å². The van der Waals surface area contributed by atoms with Crippen molar-refractivity contribution in [2.24, 2.45) is 0 Å². The summed E-state index contributed by atoms with van der Waals surface area (Å²) in [6.07, 6.45) is 0. The first kappa shape index (κ1) is 16.4. The van der Waals surface area contributed by atoms with Crippen molar-refractivity contribution < 1.29 is 4.39 Å². The zero-order valence-electron chi connectivity index (χ0n) is 12.7. The molecule has 0 aliphatic carbocycles. The molecule has 106 valence electrons. The van der Waals surface area contributed by atoms with E-state index in [1.54, 1.807) is 13.0 Å². The highest BCUT2D eigenvalue weighted by molar-refractivity contribution is 5.55. The van der Waals surface area contributed by atoms with Crippen LogP contribution in [0.4, 0.5) is 15.8 Å². The van der Waals surface area contributed by atoms with Crippen LogP contribution in [-0.4, -0.2) is 0 Å². The van der Waals surface area contributed by atoms with Gasteiger partial charge in [-0.3, -0.25) is 0 Å². The van der Waals surface area contributed by atoms with Crippen molar-refractivity contribution in [1.29, 1.82) is 0 Å². The monoisotopic (exact) mass is 280 g/mol. The van der Waals surface area contributed by atoms with Crippen molar-refractivity contribution in [3.8, 4) is 0 Å². The summed E-state index contributed by atoms with van der Waals surface area (Å²) >= 11 is 0. The molecule has 0 spiro atoms. The molecule has 0 unspecified atom stereocenters. The summed E-state index contributed by atoms with van der Waals surface area (Å²) in [5, 5.41) is 0. The van der Waals surface area contributed by atoms with Gasteiger partial charge in [-0.05, 0) is 44.9 Å². The van der Waals surface area contributed by atoms with E-state index in [4.69, 9.17) is 13.1 Å². The Morgan fingerprint density at radius 2 is 1.43 bits per heavy atom. The molecule has 21 heavy (non-hydrogen) atoms. The molecule has 0 N–H and O–H groups in total. The minimum atomic E-state index is -0.428. The zero-order chi connectivity index (χ0) is 16.0. The number of rotatable bonds is 0. The van der Waals surface area contributed by atoms with E-state index in [0.717, 1.165) is 22.4 Å². The fourth-order valence-corrected chi connectivity index (χ4v) is 1.76. The van der Waals surface area contributed by atoms with Crippen molar-refractivity contribution in [1.82, 2.24) is 0 Å². The van der Waals surface area contributed by atoms with E-state index in [1.165, 1.54) is 11.6 Å². The van der Waals surface area contributed by atoms with Gasteiger partial charge >= 0.3 is 0 Å². The highest BCUT2D eigenvalue weighted by Crippen LogP contribution is 2.24. The lowest BCUT2D eigenvalue weighted by molar-refractivity contribution is 0.632. The third-order valence-electron chi connectivity index (χ3n) is 3.46. The van der Waals surface area contributed by atoms with Crippen LogP contribution in [0, 0.1) is 46.7 Å². The van der Waals surface area contributed by atoms with Gasteiger partial charge in [-0.25, -0.2) is 14.1 Å². The molecule has 0 saturated carbocycles. The van der Waals surface area contributed by atoms with Crippen LogP contribution >= 0.6 is 0 Å². The SMILES string of the molecule is [C-]#[N+]c1c(F)ccc(C)c1C.[C-]#[N+]c1cccc(C)c1C. The number of hydrogen-bond donors (Lipinski definition) is 0. The van der Waals surface area contributed by atoms with E-state index in [0.29, 0.717) is 0 Å². The van der Waals surface area contributed by atoms with Gasteiger partial charge < -0.3 is 0 Å². The van der Waals surface area contributed by atoms with Gasteiger partial charge in [-0.15, -0.1) is 0 Å². The van der Waals surface area contributed by atoms with E-state index < -0.39 is 5.82 Å². The summed E-state index contributed by atoms with van der Waals surface area (Å²) in [6, 6.07) is 8.78. The summed E-state index contributed by atoms with van der Waals surface area (Å²) in [5.41, 5.74) is 4.88. The average molecular weight is 280 g/mol. The topological polar surface area (TPSA) is 8.72 Å². The van der Waals surface area contributed by atoms with Crippen LogP contribution in [0.5, 0.6) is 0 Å². The Labute approximate surface area is 125 Å². The van der Waals surface area contributed by atoms with Crippen LogP contribution in [0.2, 0.25) is 0 Å². The predicted octanol–water partition coefficient (Wildman–Crippen LogP) is 5.85. The second-order valence-electron chi connectivity index (χ2n) is 4.78. The number of hydrogen-bond acceptors (Lipinski definition) is 0. The molecule has 2 aromatic carbocycles.